The Kier molecular flexibility index (Phi) is 4.64. The Hall–Kier alpha value is -2.22. The molecule has 0 radical (unpaired) electrons. The summed E-state index contributed by atoms with van der Waals surface area (Å²) < 4.78 is 1.44. The number of hydrogen-bond donors (Lipinski definition) is 1. The van der Waals surface area contributed by atoms with Crippen molar-refractivity contribution in [3.8, 4) is 0 Å². The maximum atomic E-state index is 12.5. The van der Waals surface area contributed by atoms with Crippen molar-refractivity contribution in [2.45, 2.75) is 33.2 Å². The van der Waals surface area contributed by atoms with Crippen LogP contribution in [0.15, 0.2) is 22.6 Å². The first-order chi connectivity index (χ1) is 11.8. The molecule has 1 amide bonds. The second-order valence-electron chi connectivity index (χ2n) is 6.81. The van der Waals surface area contributed by atoms with E-state index in [0.29, 0.717) is 23.2 Å². The van der Waals surface area contributed by atoms with Crippen LogP contribution in [0.5, 0.6) is 0 Å². The number of carbonyl (C=O) groups is 2. The number of likely N-dealkylation sites (tertiary alicyclic amines) is 1. The molecule has 1 saturated heterocycles. The topological polar surface area (TPSA) is 92.5 Å². The Morgan fingerprint density at radius 1 is 1.44 bits per heavy atom. The van der Waals surface area contributed by atoms with Crippen LogP contribution in [-0.4, -0.2) is 44.5 Å². The lowest BCUT2D eigenvalue weighted by molar-refractivity contribution is -0.151. The fourth-order valence-corrected chi connectivity index (χ4v) is 4.09. The van der Waals surface area contributed by atoms with E-state index in [1.165, 1.54) is 22.2 Å². The SMILES string of the molecule is CC(C)C1(C(=O)O)CCN(C(=O)CCn2cnc3sccc3c2=O)C1. The number of nitrogens with zero attached hydrogens (tertiary/aromatic N) is 3. The van der Waals surface area contributed by atoms with Gasteiger partial charge in [-0.3, -0.25) is 19.0 Å². The van der Waals surface area contributed by atoms with Crippen molar-refractivity contribution in [1.29, 1.82) is 0 Å². The number of rotatable bonds is 5. The van der Waals surface area contributed by atoms with E-state index >= 15 is 0 Å². The average Bonchev–Trinajstić information content (AvgIpc) is 3.22. The van der Waals surface area contributed by atoms with Gasteiger partial charge in [0.25, 0.3) is 5.56 Å². The molecule has 2 aromatic heterocycles. The van der Waals surface area contributed by atoms with Crippen molar-refractivity contribution >= 4 is 33.4 Å². The highest BCUT2D eigenvalue weighted by molar-refractivity contribution is 7.16. The number of carbonyl (C=O) groups excluding carboxylic acids is 1. The van der Waals surface area contributed by atoms with Gasteiger partial charge in [0, 0.05) is 26.1 Å². The number of aryl methyl sites for hydroxylation is 1. The van der Waals surface area contributed by atoms with Gasteiger partial charge in [-0.2, -0.15) is 0 Å². The van der Waals surface area contributed by atoms with E-state index in [-0.39, 0.29) is 36.9 Å². The Bertz CT molecular complexity index is 872. The van der Waals surface area contributed by atoms with Crippen molar-refractivity contribution < 1.29 is 14.7 Å². The molecular formula is C17H21N3O4S. The molecule has 1 N–H and O–H groups in total. The third-order valence-electron chi connectivity index (χ3n) is 5.20. The summed E-state index contributed by atoms with van der Waals surface area (Å²) in [5.41, 5.74) is -1.02. The van der Waals surface area contributed by atoms with Crippen LogP contribution in [0.2, 0.25) is 0 Å². The van der Waals surface area contributed by atoms with Gasteiger partial charge in [0.1, 0.15) is 4.83 Å². The van der Waals surface area contributed by atoms with Gasteiger partial charge in [-0.1, -0.05) is 13.8 Å². The molecule has 2 aromatic rings. The van der Waals surface area contributed by atoms with Gasteiger partial charge >= 0.3 is 5.97 Å². The van der Waals surface area contributed by atoms with Crippen LogP contribution in [0.4, 0.5) is 0 Å². The minimum Gasteiger partial charge on any atom is -0.481 e. The summed E-state index contributed by atoms with van der Waals surface area (Å²) in [6.45, 7) is 4.68. The van der Waals surface area contributed by atoms with Crippen LogP contribution in [0, 0.1) is 11.3 Å². The second kappa shape index (κ2) is 6.59. The van der Waals surface area contributed by atoms with E-state index in [9.17, 15) is 19.5 Å². The smallest absolute Gasteiger partial charge is 0.311 e. The van der Waals surface area contributed by atoms with Crippen molar-refractivity contribution in [3.05, 3.63) is 28.1 Å². The summed E-state index contributed by atoms with van der Waals surface area (Å²) in [6.07, 6.45) is 2.09. The van der Waals surface area contributed by atoms with Crippen LogP contribution in [-0.2, 0) is 16.1 Å². The van der Waals surface area contributed by atoms with Gasteiger partial charge in [0.15, 0.2) is 0 Å². The lowest BCUT2D eigenvalue weighted by Crippen LogP contribution is -2.40. The molecule has 0 saturated carbocycles. The molecule has 1 aliphatic rings. The molecule has 0 aliphatic carbocycles. The molecule has 3 rings (SSSR count). The fraction of sp³-hybridized carbons (Fsp3) is 0.529. The lowest BCUT2D eigenvalue weighted by Gasteiger charge is -2.28. The number of thiophene rings is 1. The van der Waals surface area contributed by atoms with Crippen LogP contribution < -0.4 is 5.56 Å². The third kappa shape index (κ3) is 3.06. The molecule has 7 nitrogen and oxygen atoms in total. The van der Waals surface area contributed by atoms with E-state index in [1.54, 1.807) is 11.0 Å². The number of hydrogen-bond acceptors (Lipinski definition) is 5. The molecule has 1 fully saturated rings. The Morgan fingerprint density at radius 2 is 2.20 bits per heavy atom. The number of aliphatic carboxylic acids is 1. The minimum atomic E-state index is -0.871. The minimum absolute atomic E-state index is 0.0457. The van der Waals surface area contributed by atoms with E-state index in [4.69, 9.17) is 0 Å². The van der Waals surface area contributed by atoms with Gasteiger partial charge < -0.3 is 10.0 Å². The Labute approximate surface area is 148 Å². The number of carboxylic acids is 1. The molecule has 134 valence electrons. The molecule has 0 aromatic carbocycles. The zero-order valence-electron chi connectivity index (χ0n) is 14.3. The van der Waals surface area contributed by atoms with E-state index in [1.807, 2.05) is 19.2 Å². The van der Waals surface area contributed by atoms with Crippen LogP contribution in [0.1, 0.15) is 26.7 Å². The summed E-state index contributed by atoms with van der Waals surface area (Å²) in [4.78, 5) is 43.0. The van der Waals surface area contributed by atoms with Gasteiger partial charge in [0.05, 0.1) is 17.1 Å². The predicted octanol–water partition coefficient (Wildman–Crippen LogP) is 1.81. The molecular weight excluding hydrogens is 342 g/mol. The summed E-state index contributed by atoms with van der Waals surface area (Å²) >= 11 is 1.40. The summed E-state index contributed by atoms with van der Waals surface area (Å²) in [7, 11) is 0. The molecule has 3 heterocycles. The predicted molar refractivity (Wildman–Crippen MR) is 94.6 cm³/mol. The first-order valence-corrected chi connectivity index (χ1v) is 9.17. The average molecular weight is 363 g/mol. The number of amides is 1. The van der Waals surface area contributed by atoms with E-state index in [0.717, 1.165) is 0 Å². The maximum Gasteiger partial charge on any atom is 0.311 e. The van der Waals surface area contributed by atoms with Gasteiger partial charge in [-0.05, 0) is 23.8 Å². The molecule has 0 bridgehead atoms. The summed E-state index contributed by atoms with van der Waals surface area (Å²) in [6, 6.07) is 1.73. The number of carboxylic acid groups (broad SMARTS) is 1. The van der Waals surface area contributed by atoms with Crippen molar-refractivity contribution in [3.63, 3.8) is 0 Å². The maximum absolute atomic E-state index is 12.5. The summed E-state index contributed by atoms with van der Waals surface area (Å²) in [5.74, 6) is -1.02. The molecule has 1 atom stereocenters. The summed E-state index contributed by atoms with van der Waals surface area (Å²) in [5, 5.41) is 11.9. The zero-order valence-corrected chi connectivity index (χ0v) is 15.1. The van der Waals surface area contributed by atoms with Crippen LogP contribution >= 0.6 is 11.3 Å². The highest BCUT2D eigenvalue weighted by Gasteiger charge is 2.48. The Balaban J connectivity index is 1.68. The monoisotopic (exact) mass is 363 g/mol. The first-order valence-electron chi connectivity index (χ1n) is 8.29. The quantitative estimate of drug-likeness (QED) is 0.874. The lowest BCUT2D eigenvalue weighted by atomic mass is 9.76. The molecule has 1 unspecified atom stereocenters. The molecule has 8 heteroatoms. The molecule has 25 heavy (non-hydrogen) atoms. The second-order valence-corrected chi connectivity index (χ2v) is 7.71. The number of aromatic nitrogens is 2. The molecule has 1 aliphatic heterocycles. The molecule has 0 spiro atoms. The first kappa shape index (κ1) is 17.6. The van der Waals surface area contributed by atoms with Crippen LogP contribution in [0.3, 0.4) is 0 Å². The van der Waals surface area contributed by atoms with Crippen molar-refractivity contribution in [1.82, 2.24) is 14.5 Å². The third-order valence-corrected chi connectivity index (χ3v) is 6.02. The highest BCUT2D eigenvalue weighted by atomic mass is 32.1. The highest BCUT2D eigenvalue weighted by Crippen LogP contribution is 2.38. The van der Waals surface area contributed by atoms with Gasteiger partial charge in [0.2, 0.25) is 5.91 Å². The standard InChI is InChI=1S/C17H21N3O4S/c1-11(2)17(16(23)24)5-7-19(9-17)13(21)3-6-20-10-18-14-12(15(20)22)4-8-25-14/h4,8,10-11H,3,5-7,9H2,1-2H3,(H,23,24). The normalized spacial score (nSPS) is 20.5. The Morgan fingerprint density at radius 3 is 2.84 bits per heavy atom. The van der Waals surface area contributed by atoms with Crippen LogP contribution in [0.25, 0.3) is 10.2 Å². The number of fused-ring (bicyclic) bond motifs is 1. The van der Waals surface area contributed by atoms with Gasteiger partial charge in [-0.25, -0.2) is 4.98 Å². The van der Waals surface area contributed by atoms with E-state index in [2.05, 4.69) is 4.98 Å². The zero-order chi connectivity index (χ0) is 18.2. The van der Waals surface area contributed by atoms with Crippen molar-refractivity contribution in [2.24, 2.45) is 11.3 Å². The van der Waals surface area contributed by atoms with Crippen molar-refractivity contribution in [2.75, 3.05) is 13.1 Å². The van der Waals surface area contributed by atoms with E-state index < -0.39 is 11.4 Å². The fourth-order valence-electron chi connectivity index (χ4n) is 3.37. The van der Waals surface area contributed by atoms with Gasteiger partial charge in [-0.15, -0.1) is 11.3 Å². The largest absolute Gasteiger partial charge is 0.481 e.